The van der Waals surface area contributed by atoms with E-state index in [2.05, 4.69) is 25.8 Å². The van der Waals surface area contributed by atoms with Gasteiger partial charge >= 0.3 is 5.69 Å². The van der Waals surface area contributed by atoms with Crippen LogP contribution in [0.1, 0.15) is 39.7 Å². The highest BCUT2D eigenvalue weighted by atomic mass is 16.1. The summed E-state index contributed by atoms with van der Waals surface area (Å²) in [6, 6.07) is 1.98. The van der Waals surface area contributed by atoms with Crippen molar-refractivity contribution < 1.29 is 0 Å². The number of rotatable bonds is 2. The monoisotopic (exact) mass is 235 g/mol. The standard InChI is InChI=1S/C13H21N3O/c1-4-10-7-11(9(3)8(10)2)16-6-5-12(14)15-13(16)17/h5-6,8-11H,4,7H2,1-3H3,(H2,14,15,17). The Hall–Kier alpha value is -1.32. The Kier molecular flexibility index (Phi) is 3.22. The fraction of sp³-hybridized carbons (Fsp3) is 0.692. The van der Waals surface area contributed by atoms with Gasteiger partial charge in [-0.25, -0.2) is 4.79 Å². The third kappa shape index (κ3) is 2.08. The second kappa shape index (κ2) is 4.51. The minimum absolute atomic E-state index is 0.217. The summed E-state index contributed by atoms with van der Waals surface area (Å²) in [7, 11) is 0. The zero-order valence-corrected chi connectivity index (χ0v) is 10.8. The summed E-state index contributed by atoms with van der Waals surface area (Å²) in [4.78, 5) is 15.7. The van der Waals surface area contributed by atoms with E-state index in [-0.39, 0.29) is 11.7 Å². The van der Waals surface area contributed by atoms with Crippen molar-refractivity contribution >= 4 is 5.82 Å². The molecule has 0 spiro atoms. The number of anilines is 1. The van der Waals surface area contributed by atoms with Crippen molar-refractivity contribution in [2.45, 2.75) is 39.7 Å². The molecule has 0 aromatic carbocycles. The van der Waals surface area contributed by atoms with Gasteiger partial charge in [0.25, 0.3) is 0 Å². The fourth-order valence-corrected chi connectivity index (χ4v) is 3.10. The molecule has 2 N–H and O–H groups in total. The molecule has 4 atom stereocenters. The Labute approximate surface area is 102 Å². The molecule has 4 nitrogen and oxygen atoms in total. The van der Waals surface area contributed by atoms with Crippen LogP contribution in [0.4, 0.5) is 5.82 Å². The first-order chi connectivity index (χ1) is 8.04. The second-order valence-electron chi connectivity index (χ2n) is 5.23. The van der Waals surface area contributed by atoms with Crippen molar-refractivity contribution in [2.75, 3.05) is 5.73 Å². The van der Waals surface area contributed by atoms with Crippen LogP contribution in [0.15, 0.2) is 17.1 Å². The lowest BCUT2D eigenvalue weighted by atomic mass is 9.90. The lowest BCUT2D eigenvalue weighted by Gasteiger charge is -2.20. The van der Waals surface area contributed by atoms with Crippen molar-refractivity contribution in [1.82, 2.24) is 9.55 Å². The summed E-state index contributed by atoms with van der Waals surface area (Å²) in [6.45, 7) is 6.74. The largest absolute Gasteiger partial charge is 0.383 e. The van der Waals surface area contributed by atoms with E-state index in [1.165, 1.54) is 6.42 Å². The van der Waals surface area contributed by atoms with Gasteiger partial charge in [-0.3, -0.25) is 4.57 Å². The summed E-state index contributed by atoms with van der Waals surface area (Å²) in [6.07, 6.45) is 4.04. The zero-order valence-electron chi connectivity index (χ0n) is 10.8. The maximum Gasteiger partial charge on any atom is 0.349 e. The SMILES string of the molecule is CCC1CC(n2ccc(N)nc2=O)C(C)C1C. The number of hydrogen-bond donors (Lipinski definition) is 1. The molecule has 0 bridgehead atoms. The molecule has 1 aromatic rings. The fourth-order valence-electron chi connectivity index (χ4n) is 3.10. The molecule has 2 rings (SSSR count). The quantitative estimate of drug-likeness (QED) is 0.853. The van der Waals surface area contributed by atoms with Crippen LogP contribution in [0.2, 0.25) is 0 Å². The highest BCUT2D eigenvalue weighted by Crippen LogP contribution is 2.44. The molecule has 0 radical (unpaired) electrons. The van der Waals surface area contributed by atoms with Gasteiger partial charge in [0.05, 0.1) is 0 Å². The predicted molar refractivity (Wildman–Crippen MR) is 68.7 cm³/mol. The van der Waals surface area contributed by atoms with Gasteiger partial charge in [-0.05, 0) is 30.2 Å². The van der Waals surface area contributed by atoms with E-state index in [0.717, 1.165) is 6.42 Å². The molecule has 1 aliphatic carbocycles. The average Bonchev–Trinajstić information content (AvgIpc) is 2.57. The molecular formula is C13H21N3O. The smallest absolute Gasteiger partial charge is 0.349 e. The van der Waals surface area contributed by atoms with Crippen LogP contribution in [-0.2, 0) is 0 Å². The van der Waals surface area contributed by atoms with E-state index in [4.69, 9.17) is 5.73 Å². The van der Waals surface area contributed by atoms with Gasteiger partial charge in [-0.1, -0.05) is 27.2 Å². The third-order valence-electron chi connectivity index (χ3n) is 4.46. The lowest BCUT2D eigenvalue weighted by molar-refractivity contribution is 0.320. The maximum absolute atomic E-state index is 11.8. The topological polar surface area (TPSA) is 60.9 Å². The van der Waals surface area contributed by atoms with E-state index < -0.39 is 0 Å². The summed E-state index contributed by atoms with van der Waals surface area (Å²) in [5.41, 5.74) is 5.30. The summed E-state index contributed by atoms with van der Waals surface area (Å²) in [5.74, 6) is 2.19. The highest BCUT2D eigenvalue weighted by Gasteiger charge is 2.38. The number of hydrogen-bond acceptors (Lipinski definition) is 3. The number of nitrogens with zero attached hydrogens (tertiary/aromatic N) is 2. The van der Waals surface area contributed by atoms with Gasteiger partial charge in [-0.2, -0.15) is 4.98 Å². The van der Waals surface area contributed by atoms with E-state index in [1.807, 2.05) is 0 Å². The Bertz CT molecular complexity index is 454. The number of nitrogen functional groups attached to an aromatic ring is 1. The molecule has 0 aliphatic heterocycles. The molecule has 1 saturated carbocycles. The predicted octanol–water partition coefficient (Wildman–Crippen LogP) is 2.07. The molecule has 1 fully saturated rings. The van der Waals surface area contributed by atoms with Crippen LogP contribution in [0.25, 0.3) is 0 Å². The van der Waals surface area contributed by atoms with E-state index in [9.17, 15) is 4.79 Å². The van der Waals surface area contributed by atoms with Crippen LogP contribution in [0, 0.1) is 17.8 Å². The minimum atomic E-state index is -0.217. The Morgan fingerprint density at radius 1 is 1.47 bits per heavy atom. The number of nitrogens with two attached hydrogens (primary N) is 1. The van der Waals surface area contributed by atoms with Gasteiger partial charge in [0.15, 0.2) is 0 Å². The third-order valence-corrected chi connectivity index (χ3v) is 4.46. The van der Waals surface area contributed by atoms with Crippen LogP contribution in [0.5, 0.6) is 0 Å². The van der Waals surface area contributed by atoms with E-state index in [1.54, 1.807) is 16.8 Å². The normalized spacial score (nSPS) is 32.9. The second-order valence-corrected chi connectivity index (χ2v) is 5.23. The van der Waals surface area contributed by atoms with Crippen LogP contribution in [0.3, 0.4) is 0 Å². The van der Waals surface area contributed by atoms with E-state index >= 15 is 0 Å². The molecular weight excluding hydrogens is 214 g/mol. The minimum Gasteiger partial charge on any atom is -0.383 e. The first kappa shape index (κ1) is 12.1. The van der Waals surface area contributed by atoms with Crippen molar-refractivity contribution in [3.05, 3.63) is 22.7 Å². The highest BCUT2D eigenvalue weighted by molar-refractivity contribution is 5.23. The summed E-state index contributed by atoms with van der Waals surface area (Å²) < 4.78 is 1.76. The van der Waals surface area contributed by atoms with Gasteiger partial charge in [0.2, 0.25) is 0 Å². The molecule has 0 amide bonds. The molecule has 1 aromatic heterocycles. The van der Waals surface area contributed by atoms with E-state index in [0.29, 0.717) is 23.6 Å². The molecule has 4 heteroatoms. The number of aromatic nitrogens is 2. The average molecular weight is 235 g/mol. The van der Waals surface area contributed by atoms with Crippen molar-refractivity contribution in [3.63, 3.8) is 0 Å². The molecule has 1 heterocycles. The Morgan fingerprint density at radius 2 is 2.18 bits per heavy atom. The maximum atomic E-state index is 11.8. The van der Waals surface area contributed by atoms with Gasteiger partial charge in [0.1, 0.15) is 5.82 Å². The Morgan fingerprint density at radius 3 is 2.71 bits per heavy atom. The van der Waals surface area contributed by atoms with Crippen LogP contribution < -0.4 is 11.4 Å². The van der Waals surface area contributed by atoms with Gasteiger partial charge in [-0.15, -0.1) is 0 Å². The molecule has 1 aliphatic rings. The molecule has 0 saturated heterocycles. The molecule has 94 valence electrons. The first-order valence-electron chi connectivity index (χ1n) is 6.39. The van der Waals surface area contributed by atoms with Crippen LogP contribution >= 0.6 is 0 Å². The van der Waals surface area contributed by atoms with Gasteiger partial charge < -0.3 is 5.73 Å². The molecule has 17 heavy (non-hydrogen) atoms. The summed E-state index contributed by atoms with van der Waals surface area (Å²) >= 11 is 0. The summed E-state index contributed by atoms with van der Waals surface area (Å²) in [5, 5.41) is 0. The zero-order chi connectivity index (χ0) is 12.6. The van der Waals surface area contributed by atoms with Crippen LogP contribution in [-0.4, -0.2) is 9.55 Å². The first-order valence-corrected chi connectivity index (χ1v) is 6.39. The molecule has 4 unspecified atom stereocenters. The van der Waals surface area contributed by atoms with Crippen molar-refractivity contribution in [1.29, 1.82) is 0 Å². The van der Waals surface area contributed by atoms with Crippen molar-refractivity contribution in [2.24, 2.45) is 17.8 Å². The van der Waals surface area contributed by atoms with Crippen molar-refractivity contribution in [3.8, 4) is 0 Å². The Balaban J connectivity index is 2.32. The lowest BCUT2D eigenvalue weighted by Crippen LogP contribution is -2.29. The van der Waals surface area contributed by atoms with Gasteiger partial charge in [0, 0.05) is 12.2 Å².